The van der Waals surface area contributed by atoms with Gasteiger partial charge in [0, 0.05) is 10.6 Å². The number of nitrogens with one attached hydrogen (secondary N) is 1. The number of esters is 1. The number of carbonyl (C=O) groups excluding carboxylic acids is 1. The van der Waals surface area contributed by atoms with Crippen LogP contribution in [-0.2, 0) is 4.74 Å². The Morgan fingerprint density at radius 1 is 1.53 bits per heavy atom. The summed E-state index contributed by atoms with van der Waals surface area (Å²) in [4.78, 5) is 16.9. The first-order chi connectivity index (χ1) is 9.24. The zero-order valence-corrected chi connectivity index (χ0v) is 12.3. The molecule has 0 saturated carbocycles. The zero-order chi connectivity index (χ0) is 13.7. The number of thioether (sulfide) groups is 1. The predicted octanol–water partition coefficient (Wildman–Crippen LogP) is 3.79. The largest absolute Gasteiger partial charge is 0.461 e. The van der Waals surface area contributed by atoms with E-state index in [0.29, 0.717) is 17.3 Å². The van der Waals surface area contributed by atoms with Crippen molar-refractivity contribution in [1.29, 1.82) is 0 Å². The summed E-state index contributed by atoms with van der Waals surface area (Å²) in [5, 5.41) is 3.91. The van der Waals surface area contributed by atoms with Crippen molar-refractivity contribution < 1.29 is 9.53 Å². The first-order valence-corrected chi connectivity index (χ1v) is 7.86. The number of anilines is 2. The van der Waals surface area contributed by atoms with Crippen molar-refractivity contribution in [2.75, 3.05) is 18.2 Å². The van der Waals surface area contributed by atoms with Crippen LogP contribution in [0, 0.1) is 0 Å². The molecule has 0 saturated heterocycles. The van der Waals surface area contributed by atoms with Crippen LogP contribution in [0.4, 0.5) is 10.7 Å². The summed E-state index contributed by atoms with van der Waals surface area (Å²) in [7, 11) is 0. The Bertz CT molecular complexity index is 569. The number of thiazole rings is 1. The number of hydrogen-bond donors (Lipinski definition) is 1. The molecule has 0 atom stereocenters. The quantitative estimate of drug-likeness (QED) is 0.671. The van der Waals surface area contributed by atoms with E-state index in [4.69, 9.17) is 4.74 Å². The van der Waals surface area contributed by atoms with Gasteiger partial charge in [0.05, 0.1) is 12.1 Å². The van der Waals surface area contributed by atoms with Gasteiger partial charge in [-0.2, -0.15) is 0 Å². The van der Waals surface area contributed by atoms with E-state index in [1.807, 2.05) is 30.5 Å². The highest BCUT2D eigenvalue weighted by Crippen LogP contribution is 2.27. The van der Waals surface area contributed by atoms with Crippen LogP contribution < -0.4 is 5.32 Å². The SMILES string of the molecule is CCOC(=O)c1ncsc1Nc1cccc(SC)c1. The lowest BCUT2D eigenvalue weighted by Gasteiger charge is -2.07. The topological polar surface area (TPSA) is 51.2 Å². The van der Waals surface area contributed by atoms with Gasteiger partial charge in [-0.15, -0.1) is 23.1 Å². The first-order valence-electron chi connectivity index (χ1n) is 5.76. The molecule has 0 aliphatic rings. The highest BCUT2D eigenvalue weighted by atomic mass is 32.2. The Morgan fingerprint density at radius 3 is 3.11 bits per heavy atom. The number of ether oxygens (including phenoxy) is 1. The molecule has 1 aromatic heterocycles. The minimum Gasteiger partial charge on any atom is -0.461 e. The van der Waals surface area contributed by atoms with Crippen LogP contribution in [0.25, 0.3) is 0 Å². The maximum absolute atomic E-state index is 11.7. The number of benzene rings is 1. The van der Waals surface area contributed by atoms with E-state index < -0.39 is 5.97 Å². The summed E-state index contributed by atoms with van der Waals surface area (Å²) in [5.74, 6) is -0.396. The average Bonchev–Trinajstić information content (AvgIpc) is 2.87. The molecule has 0 radical (unpaired) electrons. The lowest BCUT2D eigenvalue weighted by atomic mass is 10.3. The fraction of sp³-hybridized carbons (Fsp3) is 0.231. The van der Waals surface area contributed by atoms with Gasteiger partial charge in [-0.1, -0.05) is 6.07 Å². The van der Waals surface area contributed by atoms with Crippen LogP contribution in [0.2, 0.25) is 0 Å². The van der Waals surface area contributed by atoms with Crippen LogP contribution in [0.15, 0.2) is 34.7 Å². The van der Waals surface area contributed by atoms with Crippen molar-refractivity contribution in [1.82, 2.24) is 4.98 Å². The minimum atomic E-state index is -0.396. The van der Waals surface area contributed by atoms with Gasteiger partial charge in [-0.05, 0) is 31.4 Å². The number of carbonyl (C=O) groups is 1. The Hall–Kier alpha value is -1.53. The monoisotopic (exact) mass is 294 g/mol. The molecular weight excluding hydrogens is 280 g/mol. The summed E-state index contributed by atoms with van der Waals surface area (Å²) in [6, 6.07) is 7.99. The Balaban J connectivity index is 2.19. The van der Waals surface area contributed by atoms with E-state index in [-0.39, 0.29) is 0 Å². The van der Waals surface area contributed by atoms with E-state index in [0.717, 1.165) is 10.6 Å². The van der Waals surface area contributed by atoms with Crippen LogP contribution >= 0.6 is 23.1 Å². The predicted molar refractivity (Wildman–Crippen MR) is 79.6 cm³/mol. The second-order valence-electron chi connectivity index (χ2n) is 3.61. The van der Waals surface area contributed by atoms with Crippen molar-refractivity contribution in [3.8, 4) is 0 Å². The number of aromatic nitrogens is 1. The molecule has 2 aromatic rings. The molecule has 6 heteroatoms. The molecule has 0 aliphatic heterocycles. The van der Waals surface area contributed by atoms with Crippen LogP contribution in [0.1, 0.15) is 17.4 Å². The number of hydrogen-bond acceptors (Lipinski definition) is 6. The fourth-order valence-corrected chi connectivity index (χ4v) is 2.66. The zero-order valence-electron chi connectivity index (χ0n) is 10.7. The lowest BCUT2D eigenvalue weighted by Crippen LogP contribution is -2.07. The van der Waals surface area contributed by atoms with Gasteiger partial charge in [-0.3, -0.25) is 0 Å². The normalized spacial score (nSPS) is 10.2. The van der Waals surface area contributed by atoms with Gasteiger partial charge in [0.25, 0.3) is 0 Å². The van der Waals surface area contributed by atoms with Crippen LogP contribution in [0.3, 0.4) is 0 Å². The molecular formula is C13H14N2O2S2. The summed E-state index contributed by atoms with van der Waals surface area (Å²) in [6.07, 6.45) is 2.02. The molecule has 1 aromatic carbocycles. The Morgan fingerprint density at radius 2 is 2.37 bits per heavy atom. The van der Waals surface area contributed by atoms with E-state index >= 15 is 0 Å². The molecule has 0 spiro atoms. The van der Waals surface area contributed by atoms with E-state index in [1.165, 1.54) is 11.3 Å². The van der Waals surface area contributed by atoms with Crippen molar-refractivity contribution in [2.24, 2.45) is 0 Å². The van der Waals surface area contributed by atoms with Crippen molar-refractivity contribution in [2.45, 2.75) is 11.8 Å². The third-order valence-corrected chi connectivity index (χ3v) is 3.83. The van der Waals surface area contributed by atoms with E-state index in [9.17, 15) is 4.79 Å². The molecule has 2 rings (SSSR count). The van der Waals surface area contributed by atoms with Gasteiger partial charge in [-0.25, -0.2) is 9.78 Å². The summed E-state index contributed by atoms with van der Waals surface area (Å²) in [5.41, 5.74) is 2.90. The van der Waals surface area contributed by atoms with Crippen molar-refractivity contribution in [3.05, 3.63) is 35.5 Å². The van der Waals surface area contributed by atoms with Gasteiger partial charge in [0.1, 0.15) is 5.00 Å². The molecule has 1 N–H and O–H groups in total. The minimum absolute atomic E-state index is 0.335. The fourth-order valence-electron chi connectivity index (χ4n) is 1.51. The van der Waals surface area contributed by atoms with Crippen molar-refractivity contribution >= 4 is 39.8 Å². The molecule has 4 nitrogen and oxygen atoms in total. The van der Waals surface area contributed by atoms with Gasteiger partial charge in [0.15, 0.2) is 5.69 Å². The molecule has 0 amide bonds. The standard InChI is InChI=1S/C13H14N2O2S2/c1-3-17-13(16)11-12(19-8-14-11)15-9-5-4-6-10(7-9)18-2/h4-8,15H,3H2,1-2H3. The second kappa shape index (κ2) is 6.58. The third kappa shape index (κ3) is 3.48. The van der Waals surface area contributed by atoms with Gasteiger partial charge in [0.2, 0.25) is 0 Å². The molecule has 0 fully saturated rings. The van der Waals surface area contributed by atoms with Crippen molar-refractivity contribution in [3.63, 3.8) is 0 Å². The maximum Gasteiger partial charge on any atom is 0.360 e. The molecule has 0 aliphatic carbocycles. The second-order valence-corrected chi connectivity index (χ2v) is 5.34. The number of rotatable bonds is 5. The molecule has 0 unspecified atom stereocenters. The highest BCUT2D eigenvalue weighted by molar-refractivity contribution is 7.98. The highest BCUT2D eigenvalue weighted by Gasteiger charge is 2.16. The Kier molecular flexibility index (Phi) is 4.81. The first kappa shape index (κ1) is 13.9. The van der Waals surface area contributed by atoms with Gasteiger partial charge >= 0.3 is 5.97 Å². The number of nitrogens with zero attached hydrogens (tertiary/aromatic N) is 1. The van der Waals surface area contributed by atoms with E-state index in [1.54, 1.807) is 24.2 Å². The average molecular weight is 294 g/mol. The summed E-state index contributed by atoms with van der Waals surface area (Å²) < 4.78 is 4.97. The van der Waals surface area contributed by atoms with Crippen LogP contribution in [-0.4, -0.2) is 23.8 Å². The van der Waals surface area contributed by atoms with E-state index in [2.05, 4.69) is 10.3 Å². The maximum atomic E-state index is 11.7. The molecule has 1 heterocycles. The van der Waals surface area contributed by atoms with Crippen LogP contribution in [0.5, 0.6) is 0 Å². The molecule has 19 heavy (non-hydrogen) atoms. The smallest absolute Gasteiger partial charge is 0.360 e. The third-order valence-electron chi connectivity index (χ3n) is 2.36. The summed E-state index contributed by atoms with van der Waals surface area (Å²) in [6.45, 7) is 2.12. The molecule has 100 valence electrons. The van der Waals surface area contributed by atoms with Gasteiger partial charge < -0.3 is 10.1 Å². The Labute approximate surface area is 120 Å². The summed E-state index contributed by atoms with van der Waals surface area (Å²) >= 11 is 3.05. The lowest BCUT2D eigenvalue weighted by molar-refractivity contribution is 0.0521. The molecule has 0 bridgehead atoms.